The number of amides is 3. The van der Waals surface area contributed by atoms with Crippen LogP contribution in [0, 0.1) is 31.6 Å². The van der Waals surface area contributed by atoms with Crippen LogP contribution in [-0.4, -0.2) is 22.4 Å². The topological polar surface area (TPSA) is 71.4 Å². The number of nitrogens with one attached hydrogen (secondary N) is 1. The summed E-state index contributed by atoms with van der Waals surface area (Å²) in [5, 5.41) is 0. The Morgan fingerprint density at radius 2 is 1.79 bits per heavy atom. The predicted octanol–water partition coefficient (Wildman–Crippen LogP) is 3.19. The largest absolute Gasteiger partial charge is 0.274 e. The fourth-order valence-corrected chi connectivity index (χ4v) is 4.20. The second-order valence-corrected chi connectivity index (χ2v) is 7.61. The van der Waals surface area contributed by atoms with Gasteiger partial charge in [0.2, 0.25) is 11.8 Å². The summed E-state index contributed by atoms with van der Waals surface area (Å²) in [4.78, 5) is 39.8. The summed E-state index contributed by atoms with van der Waals surface area (Å²) in [6.07, 6.45) is 4.57. The lowest BCUT2D eigenvalue weighted by atomic mass is 9.78. The smallest absolute Gasteiger partial charge is 0.270 e. The molecule has 2 aromatic rings. The Labute approximate surface area is 163 Å². The molecule has 4 rings (SSSR count). The van der Waals surface area contributed by atoms with Gasteiger partial charge in [0.05, 0.1) is 17.5 Å². The quantitative estimate of drug-likeness (QED) is 0.660. The molecule has 1 aliphatic heterocycles. The van der Waals surface area contributed by atoms with Crippen LogP contribution in [0.15, 0.2) is 48.6 Å². The summed E-state index contributed by atoms with van der Waals surface area (Å²) in [6, 6.07) is 10.5. The third-order valence-electron chi connectivity index (χ3n) is 5.72. The van der Waals surface area contributed by atoms with Gasteiger partial charge in [-0.2, -0.15) is 0 Å². The van der Waals surface area contributed by atoms with Crippen molar-refractivity contribution in [3.63, 3.8) is 0 Å². The van der Waals surface area contributed by atoms with Gasteiger partial charge in [0.1, 0.15) is 0 Å². The summed E-state index contributed by atoms with van der Waals surface area (Å²) in [5.41, 5.74) is 5.52. The molecule has 6 nitrogen and oxygen atoms in total. The van der Waals surface area contributed by atoms with Crippen LogP contribution in [0.2, 0.25) is 0 Å². The van der Waals surface area contributed by atoms with Gasteiger partial charge in [0.25, 0.3) is 5.91 Å². The molecule has 0 spiro atoms. The molecule has 1 N–H and O–H groups in total. The van der Waals surface area contributed by atoms with Crippen LogP contribution in [0.25, 0.3) is 0 Å². The van der Waals surface area contributed by atoms with Crippen molar-refractivity contribution >= 4 is 23.4 Å². The number of anilines is 1. The first kappa shape index (κ1) is 18.2. The Balaban J connectivity index is 1.61. The molecule has 0 saturated carbocycles. The molecule has 28 heavy (non-hydrogen) atoms. The Morgan fingerprint density at radius 1 is 1.07 bits per heavy atom. The minimum atomic E-state index is -0.319. The minimum Gasteiger partial charge on any atom is -0.274 e. The van der Waals surface area contributed by atoms with Crippen LogP contribution in [0.5, 0.6) is 0 Å². The SMILES string of the molecule is Cc1ccc(C)n1NC(=O)c1cccc(N2C(=O)[C@H]3[C@@H](C)C=CC[C@H]3C2=O)c1. The van der Waals surface area contributed by atoms with Crippen LogP contribution < -0.4 is 10.3 Å². The zero-order valence-electron chi connectivity index (χ0n) is 16.2. The van der Waals surface area contributed by atoms with E-state index in [1.54, 1.807) is 28.9 Å². The van der Waals surface area contributed by atoms with Crippen molar-refractivity contribution in [2.45, 2.75) is 27.2 Å². The second kappa shape index (κ2) is 6.78. The highest BCUT2D eigenvalue weighted by Crippen LogP contribution is 2.40. The van der Waals surface area contributed by atoms with Crippen LogP contribution in [0.4, 0.5) is 5.69 Å². The van der Waals surface area contributed by atoms with E-state index in [4.69, 9.17) is 0 Å². The van der Waals surface area contributed by atoms with E-state index in [2.05, 4.69) is 5.43 Å². The molecule has 1 aromatic carbocycles. The number of imide groups is 1. The van der Waals surface area contributed by atoms with Gasteiger partial charge in [-0.15, -0.1) is 0 Å². The van der Waals surface area contributed by atoms with Crippen molar-refractivity contribution in [3.8, 4) is 0 Å². The molecular formula is C22H23N3O3. The van der Waals surface area contributed by atoms with E-state index in [-0.39, 0.29) is 35.5 Å². The van der Waals surface area contributed by atoms with Crippen molar-refractivity contribution in [1.29, 1.82) is 0 Å². The molecule has 0 radical (unpaired) electrons. The maximum absolute atomic E-state index is 13.0. The first-order valence-electron chi connectivity index (χ1n) is 9.49. The molecule has 2 aliphatic rings. The van der Waals surface area contributed by atoms with E-state index in [0.29, 0.717) is 17.7 Å². The Hall–Kier alpha value is -3.15. The lowest BCUT2D eigenvalue weighted by molar-refractivity contribution is -0.122. The van der Waals surface area contributed by atoms with E-state index in [9.17, 15) is 14.4 Å². The van der Waals surface area contributed by atoms with Crippen molar-refractivity contribution in [1.82, 2.24) is 4.68 Å². The van der Waals surface area contributed by atoms with Crippen molar-refractivity contribution < 1.29 is 14.4 Å². The van der Waals surface area contributed by atoms with E-state index in [1.165, 1.54) is 4.90 Å². The Bertz CT molecular complexity index is 985. The van der Waals surface area contributed by atoms with Crippen molar-refractivity contribution in [2.24, 2.45) is 17.8 Å². The van der Waals surface area contributed by atoms with E-state index in [0.717, 1.165) is 11.4 Å². The van der Waals surface area contributed by atoms with Gasteiger partial charge in [0.15, 0.2) is 0 Å². The zero-order chi connectivity index (χ0) is 20.0. The highest BCUT2D eigenvalue weighted by molar-refractivity contribution is 6.22. The number of aryl methyl sites for hydroxylation is 2. The molecule has 1 fully saturated rings. The van der Waals surface area contributed by atoms with Gasteiger partial charge >= 0.3 is 0 Å². The average Bonchev–Trinajstić information content (AvgIpc) is 3.13. The summed E-state index contributed by atoms with van der Waals surface area (Å²) >= 11 is 0. The number of hydrogen-bond donors (Lipinski definition) is 1. The highest BCUT2D eigenvalue weighted by Gasteiger charge is 2.50. The third-order valence-corrected chi connectivity index (χ3v) is 5.72. The number of carbonyl (C=O) groups excluding carboxylic acids is 3. The molecule has 0 bridgehead atoms. The van der Waals surface area contributed by atoms with Crippen LogP contribution in [-0.2, 0) is 9.59 Å². The maximum Gasteiger partial charge on any atom is 0.270 e. The Morgan fingerprint density at radius 3 is 2.46 bits per heavy atom. The molecule has 6 heteroatoms. The molecule has 3 amide bonds. The number of allylic oxidation sites excluding steroid dienone is 2. The van der Waals surface area contributed by atoms with Crippen molar-refractivity contribution in [2.75, 3.05) is 10.3 Å². The van der Waals surface area contributed by atoms with Gasteiger partial charge in [-0.05, 0) is 56.5 Å². The number of benzene rings is 1. The van der Waals surface area contributed by atoms with Gasteiger partial charge in [-0.3, -0.25) is 29.4 Å². The monoisotopic (exact) mass is 377 g/mol. The van der Waals surface area contributed by atoms with Crippen LogP contribution >= 0.6 is 0 Å². The second-order valence-electron chi connectivity index (χ2n) is 7.61. The van der Waals surface area contributed by atoms with Gasteiger partial charge < -0.3 is 0 Å². The molecule has 144 valence electrons. The van der Waals surface area contributed by atoms with Crippen LogP contribution in [0.1, 0.15) is 35.1 Å². The fraction of sp³-hybridized carbons (Fsp3) is 0.318. The minimum absolute atomic E-state index is 0.0337. The lowest BCUT2D eigenvalue weighted by Crippen LogP contribution is -2.32. The van der Waals surface area contributed by atoms with E-state index >= 15 is 0 Å². The standard InChI is InChI=1S/C22H23N3O3/c1-13-6-4-9-18-19(13)22(28)24(21(18)27)17-8-5-7-16(12-17)20(26)23-25-14(2)10-11-15(25)3/h4-8,10-13,18-19H,9H2,1-3H3,(H,23,26)/t13-,18+,19-/m0/s1. The number of hydrogen-bond acceptors (Lipinski definition) is 3. The van der Waals surface area contributed by atoms with E-state index in [1.807, 2.05) is 45.1 Å². The summed E-state index contributed by atoms with van der Waals surface area (Å²) in [7, 11) is 0. The number of aromatic nitrogens is 1. The number of fused-ring (bicyclic) bond motifs is 1. The summed E-state index contributed by atoms with van der Waals surface area (Å²) < 4.78 is 1.71. The zero-order valence-corrected chi connectivity index (χ0v) is 16.2. The molecule has 1 aromatic heterocycles. The molecule has 3 atom stereocenters. The Kier molecular flexibility index (Phi) is 4.41. The molecule has 2 heterocycles. The lowest BCUT2D eigenvalue weighted by Gasteiger charge is -2.22. The first-order valence-corrected chi connectivity index (χ1v) is 9.49. The van der Waals surface area contributed by atoms with Gasteiger partial charge in [-0.1, -0.05) is 25.1 Å². The predicted molar refractivity (Wildman–Crippen MR) is 106 cm³/mol. The molecular weight excluding hydrogens is 354 g/mol. The maximum atomic E-state index is 13.0. The molecule has 0 unspecified atom stereocenters. The van der Waals surface area contributed by atoms with Crippen LogP contribution in [0.3, 0.4) is 0 Å². The van der Waals surface area contributed by atoms with Gasteiger partial charge in [0, 0.05) is 17.0 Å². The highest BCUT2D eigenvalue weighted by atomic mass is 16.2. The normalized spacial score (nSPS) is 23.8. The van der Waals surface area contributed by atoms with Crippen molar-refractivity contribution in [3.05, 3.63) is 65.5 Å². The molecule has 1 saturated heterocycles. The summed E-state index contributed by atoms with van der Waals surface area (Å²) in [6.45, 7) is 5.78. The number of nitrogens with zero attached hydrogens (tertiary/aromatic N) is 2. The molecule has 1 aliphatic carbocycles. The van der Waals surface area contributed by atoms with E-state index < -0.39 is 0 Å². The fourth-order valence-electron chi connectivity index (χ4n) is 4.20. The third kappa shape index (κ3) is 2.85. The summed E-state index contributed by atoms with van der Waals surface area (Å²) in [5.74, 6) is -1.25. The number of carbonyl (C=O) groups is 3. The van der Waals surface area contributed by atoms with Gasteiger partial charge in [-0.25, -0.2) is 0 Å². The first-order chi connectivity index (χ1) is 13.4. The number of rotatable bonds is 3. The average molecular weight is 377 g/mol.